The largest absolute Gasteiger partial charge is 0.432 e. The number of rotatable bonds is 10. The Bertz CT molecular complexity index is 1840. The molecule has 3 saturated heterocycles. The number of carbonyl (C=O) groups excluding carboxylic acids is 1. The number of aliphatic hydroxyl groups excluding tert-OH is 13. The van der Waals surface area contributed by atoms with Crippen molar-refractivity contribution in [1.29, 1.82) is 0 Å². The highest BCUT2D eigenvalue weighted by molar-refractivity contribution is 5.79. The van der Waals surface area contributed by atoms with E-state index in [2.05, 4.69) is 40.7 Å². The maximum absolute atomic E-state index is 15.0. The van der Waals surface area contributed by atoms with E-state index in [1.165, 1.54) is 5.57 Å². The van der Waals surface area contributed by atoms with Crippen molar-refractivity contribution in [1.82, 2.24) is 0 Å². The minimum Gasteiger partial charge on any atom is -0.432 e. The first-order valence-electron chi connectivity index (χ1n) is 24.7. The minimum absolute atomic E-state index is 0.0178. The smallest absolute Gasteiger partial charge is 0.315 e. The summed E-state index contributed by atoms with van der Waals surface area (Å²) in [4.78, 5) is 15.0. The van der Waals surface area contributed by atoms with E-state index in [1.807, 2.05) is 6.92 Å². The van der Waals surface area contributed by atoms with Gasteiger partial charge in [-0.15, -0.1) is 0 Å². The molecule has 0 aromatic heterocycles. The van der Waals surface area contributed by atoms with Crippen LogP contribution in [0.15, 0.2) is 11.6 Å². The highest BCUT2D eigenvalue weighted by Gasteiger charge is 2.71. The van der Waals surface area contributed by atoms with Crippen molar-refractivity contribution in [3.8, 4) is 0 Å². The number of allylic oxidation sites excluding steroid dienone is 2. The molecule has 0 unspecified atom stereocenters. The Labute approximate surface area is 396 Å². The number of esters is 1. The van der Waals surface area contributed by atoms with E-state index in [1.54, 1.807) is 0 Å². The van der Waals surface area contributed by atoms with E-state index in [9.17, 15) is 66.4 Å². The van der Waals surface area contributed by atoms with E-state index in [-0.39, 0.29) is 52.4 Å². The average Bonchev–Trinajstić information content (AvgIpc) is 3.31. The van der Waals surface area contributed by atoms with Gasteiger partial charge >= 0.3 is 5.97 Å². The standard InChI is InChI=1S/C48H78O20/c1-20-9-12-48(14-13-46(5)22(29(48)21(20)2)7-8-28-44(3)15-23(52)39(61)45(4,19-51)27(44)10-11-47(28,46)6)43(62)68-42-36(59)33(56)31(54)26(66-42)18-63-40-37(60)34(57)38(25(17-50)65-40)67-41-35(58)32(55)30(53)24(16-49)64-41/h7,20-21,23-42,49-61H,8-19H2,1-6H3/t20-,21+,23-,24+,25-,26-,27-,28-,29+,30+,31-,32-,33+,34-,35-,36-,37-,38-,39+,40-,41+,42+,44+,45+,46-,47-,48+/m1/s1. The van der Waals surface area contributed by atoms with E-state index in [4.69, 9.17) is 28.4 Å². The molecule has 3 aliphatic heterocycles. The van der Waals surface area contributed by atoms with Crippen molar-refractivity contribution < 1.29 is 99.6 Å². The van der Waals surface area contributed by atoms with Crippen LogP contribution < -0.4 is 0 Å². The van der Waals surface area contributed by atoms with Crippen LogP contribution in [0.2, 0.25) is 0 Å². The molecule has 0 amide bonds. The van der Waals surface area contributed by atoms with Crippen LogP contribution >= 0.6 is 0 Å². The van der Waals surface area contributed by atoms with Gasteiger partial charge in [-0.1, -0.05) is 53.2 Å². The lowest BCUT2D eigenvalue weighted by Crippen LogP contribution is -2.68. The van der Waals surface area contributed by atoms with Gasteiger partial charge in [-0.2, -0.15) is 0 Å². The van der Waals surface area contributed by atoms with Gasteiger partial charge in [-0.05, 0) is 97.2 Å². The first-order chi connectivity index (χ1) is 31.9. The molecule has 27 atom stereocenters. The lowest BCUT2D eigenvalue weighted by atomic mass is 9.33. The topological polar surface area (TPSA) is 335 Å². The molecule has 5 aliphatic carbocycles. The van der Waals surface area contributed by atoms with Gasteiger partial charge in [0.15, 0.2) is 12.6 Å². The third-order valence-electron chi connectivity index (χ3n) is 19.8. The second kappa shape index (κ2) is 19.1. The summed E-state index contributed by atoms with van der Waals surface area (Å²) in [5, 5.41) is 139. The van der Waals surface area contributed by atoms with Gasteiger partial charge < -0.3 is 94.8 Å². The molecule has 3 heterocycles. The van der Waals surface area contributed by atoms with Gasteiger partial charge in [0.05, 0.1) is 44.1 Å². The van der Waals surface area contributed by atoms with E-state index >= 15 is 4.79 Å². The van der Waals surface area contributed by atoms with Crippen LogP contribution in [0.5, 0.6) is 0 Å². The molecule has 13 N–H and O–H groups in total. The molecule has 4 saturated carbocycles. The fraction of sp³-hybridized carbons (Fsp3) is 0.938. The molecule has 0 aromatic rings. The lowest BCUT2D eigenvalue weighted by molar-refractivity contribution is -0.364. The molecular formula is C48H78O20. The summed E-state index contributed by atoms with van der Waals surface area (Å²) in [5.41, 5.74) is -1.69. The quantitative estimate of drug-likeness (QED) is 0.0827. The molecule has 8 rings (SSSR count). The highest BCUT2D eigenvalue weighted by Crippen LogP contribution is 2.76. The van der Waals surface area contributed by atoms with Crippen LogP contribution in [-0.2, 0) is 33.2 Å². The highest BCUT2D eigenvalue weighted by atomic mass is 16.8. The average molecular weight is 975 g/mol. The Morgan fingerprint density at radius 3 is 1.93 bits per heavy atom. The number of ether oxygens (including phenoxy) is 6. The maximum atomic E-state index is 15.0. The maximum Gasteiger partial charge on any atom is 0.315 e. The monoisotopic (exact) mass is 975 g/mol. The zero-order valence-electron chi connectivity index (χ0n) is 39.9. The third kappa shape index (κ3) is 7.98. The van der Waals surface area contributed by atoms with Crippen molar-refractivity contribution >= 4 is 5.97 Å². The van der Waals surface area contributed by atoms with Crippen molar-refractivity contribution in [3.63, 3.8) is 0 Å². The first kappa shape index (κ1) is 52.8. The van der Waals surface area contributed by atoms with Gasteiger partial charge in [0.1, 0.15) is 73.2 Å². The Kier molecular flexibility index (Phi) is 14.8. The lowest BCUT2D eigenvalue weighted by Gasteiger charge is -2.71. The summed E-state index contributed by atoms with van der Waals surface area (Å²) in [6.07, 6.45) is -20.4. The normalized spacial score (nSPS) is 56.0. The molecular weight excluding hydrogens is 897 g/mol. The Hall–Kier alpha value is -1.51. The summed E-state index contributed by atoms with van der Waals surface area (Å²) in [6.45, 7) is 10.7. The van der Waals surface area contributed by atoms with Crippen LogP contribution in [0.4, 0.5) is 0 Å². The molecule has 0 radical (unpaired) electrons. The zero-order chi connectivity index (χ0) is 49.8. The summed E-state index contributed by atoms with van der Waals surface area (Å²) in [7, 11) is 0. The second-order valence-electron chi connectivity index (χ2n) is 22.9. The Balaban J connectivity index is 0.981. The molecule has 20 heteroatoms. The van der Waals surface area contributed by atoms with Crippen molar-refractivity contribution in [2.24, 2.45) is 56.7 Å². The molecule has 0 spiro atoms. The van der Waals surface area contributed by atoms with Crippen LogP contribution in [0.3, 0.4) is 0 Å². The summed E-state index contributed by atoms with van der Waals surface area (Å²) < 4.78 is 34.5. The Morgan fingerprint density at radius 1 is 0.676 bits per heavy atom. The van der Waals surface area contributed by atoms with Crippen molar-refractivity contribution in [2.45, 2.75) is 197 Å². The second-order valence-corrected chi connectivity index (χ2v) is 22.9. The molecule has 20 nitrogen and oxygen atoms in total. The van der Waals surface area contributed by atoms with Crippen molar-refractivity contribution in [2.75, 3.05) is 26.4 Å². The van der Waals surface area contributed by atoms with E-state index in [0.717, 1.165) is 19.3 Å². The van der Waals surface area contributed by atoms with Crippen LogP contribution in [0, 0.1) is 56.7 Å². The third-order valence-corrected chi connectivity index (χ3v) is 19.8. The van der Waals surface area contributed by atoms with Crippen molar-refractivity contribution in [3.05, 3.63) is 11.6 Å². The summed E-state index contributed by atoms with van der Waals surface area (Å²) in [6, 6.07) is 0. The van der Waals surface area contributed by atoms with Crippen LogP contribution in [0.25, 0.3) is 0 Å². The molecule has 0 bridgehead atoms. The molecule has 0 aromatic carbocycles. The zero-order valence-corrected chi connectivity index (χ0v) is 39.9. The first-order valence-corrected chi connectivity index (χ1v) is 24.7. The summed E-state index contributed by atoms with van der Waals surface area (Å²) >= 11 is 0. The number of hydrogen-bond acceptors (Lipinski definition) is 20. The van der Waals surface area contributed by atoms with Gasteiger partial charge in [0.25, 0.3) is 0 Å². The van der Waals surface area contributed by atoms with Gasteiger partial charge in [0, 0.05) is 5.41 Å². The fourth-order valence-corrected chi connectivity index (χ4v) is 15.2. The summed E-state index contributed by atoms with van der Waals surface area (Å²) in [5.74, 6) is -0.445. The SMILES string of the molecule is C[C@H]1[C@H](C)CC[C@]2(C(=O)O[C@@H]3O[C@H](CO[C@@H]4O[C@H](CO)[C@@H](O[C@@H]5O[C@@H](CO)[C@H](O)[C@@H](O)[C@H]5O)[C@H](O)[C@H]4O)[C@@H](O)[C@H](O)[C@H]3O)CC[C@]3(C)C(=CC[C@@H]4[C@@]5(C)C[C@@H](O)[C@H](O)[C@@](C)(CO)[C@@H]5CC[C@]43C)[C@H]12. The van der Waals surface area contributed by atoms with Gasteiger partial charge in [-0.3, -0.25) is 4.79 Å². The van der Waals surface area contributed by atoms with E-state index in [0.29, 0.717) is 32.1 Å². The van der Waals surface area contributed by atoms with Crippen LogP contribution in [-0.4, -0.2) is 203 Å². The predicted octanol–water partition coefficient (Wildman–Crippen LogP) is -2.06. The number of hydrogen-bond donors (Lipinski definition) is 13. The fourth-order valence-electron chi connectivity index (χ4n) is 15.2. The minimum atomic E-state index is -1.91. The molecule has 8 aliphatic rings. The molecule has 68 heavy (non-hydrogen) atoms. The Morgan fingerprint density at radius 2 is 1.28 bits per heavy atom. The number of fused-ring (bicyclic) bond motifs is 7. The molecule has 390 valence electrons. The van der Waals surface area contributed by atoms with Gasteiger partial charge in [-0.25, -0.2) is 0 Å². The number of carbonyl (C=O) groups is 1. The van der Waals surface area contributed by atoms with Crippen LogP contribution in [0.1, 0.15) is 92.9 Å². The molecule has 7 fully saturated rings. The van der Waals surface area contributed by atoms with E-state index < -0.39 is 141 Å². The number of aliphatic hydroxyl groups is 13. The van der Waals surface area contributed by atoms with Gasteiger partial charge in [0.2, 0.25) is 6.29 Å². The predicted molar refractivity (Wildman–Crippen MR) is 233 cm³/mol.